The number of pyridine rings is 1. The van der Waals surface area contributed by atoms with Crippen LogP contribution in [0.15, 0.2) is 6.07 Å². The van der Waals surface area contributed by atoms with Crippen LogP contribution in [0, 0.1) is 13.8 Å². The Kier molecular flexibility index (Phi) is 4.08. The molecule has 0 aromatic carbocycles. The summed E-state index contributed by atoms with van der Waals surface area (Å²) >= 11 is 1.56. The average molecular weight is 364 g/mol. The standard InChI is InChI=1S/C7H4F3IN2O4/c8-7(9,10)17-4-1-3(2-14)5(11)12-6(4)13(15)16/h1,14H,2H2. The normalized spacial score (nSPS) is 11.4. The van der Waals surface area contributed by atoms with Crippen LogP contribution < -0.4 is 4.74 Å². The molecule has 0 aliphatic heterocycles. The Bertz CT molecular complexity index is 451. The van der Waals surface area contributed by atoms with Gasteiger partial charge >= 0.3 is 12.2 Å². The van der Waals surface area contributed by atoms with Gasteiger partial charge in [0.25, 0.3) is 0 Å². The molecule has 0 spiro atoms. The number of hydrogen-bond acceptors (Lipinski definition) is 5. The lowest BCUT2D eigenvalue weighted by Gasteiger charge is -2.09. The first-order valence-corrected chi connectivity index (χ1v) is 5.03. The van der Waals surface area contributed by atoms with Gasteiger partial charge in [-0.15, -0.1) is 13.2 Å². The Labute approximate surface area is 106 Å². The topological polar surface area (TPSA) is 85.5 Å². The predicted octanol–water partition coefficient (Wildman–Crippen LogP) is 1.99. The smallest absolute Gasteiger partial charge is 0.397 e. The molecule has 6 nitrogen and oxygen atoms in total. The molecule has 1 heterocycles. The van der Waals surface area contributed by atoms with Crippen LogP contribution >= 0.6 is 22.6 Å². The molecule has 0 bridgehead atoms. The molecule has 1 rings (SSSR count). The van der Waals surface area contributed by atoms with E-state index in [1.807, 2.05) is 0 Å². The zero-order valence-corrected chi connectivity index (χ0v) is 10.0. The van der Waals surface area contributed by atoms with Crippen LogP contribution in [-0.4, -0.2) is 21.4 Å². The van der Waals surface area contributed by atoms with Crippen LogP contribution in [-0.2, 0) is 6.61 Å². The molecule has 10 heteroatoms. The van der Waals surface area contributed by atoms with E-state index in [1.54, 1.807) is 22.6 Å². The third-order valence-electron chi connectivity index (χ3n) is 1.56. The van der Waals surface area contributed by atoms with Gasteiger partial charge in [0.15, 0.2) is 0 Å². The summed E-state index contributed by atoms with van der Waals surface area (Å²) in [6.45, 7) is -0.600. The molecule has 17 heavy (non-hydrogen) atoms. The van der Waals surface area contributed by atoms with E-state index >= 15 is 0 Å². The van der Waals surface area contributed by atoms with Gasteiger partial charge in [-0.1, -0.05) is 0 Å². The number of aliphatic hydroxyl groups excluding tert-OH is 1. The van der Waals surface area contributed by atoms with Crippen molar-refractivity contribution in [3.05, 3.63) is 25.4 Å². The van der Waals surface area contributed by atoms with Crippen molar-refractivity contribution in [3.8, 4) is 5.75 Å². The van der Waals surface area contributed by atoms with Crippen molar-refractivity contribution in [2.24, 2.45) is 0 Å². The van der Waals surface area contributed by atoms with Gasteiger partial charge in [-0.3, -0.25) is 0 Å². The van der Waals surface area contributed by atoms with Crippen LogP contribution in [0.4, 0.5) is 19.0 Å². The predicted molar refractivity (Wildman–Crippen MR) is 56.2 cm³/mol. The Morgan fingerprint density at radius 3 is 2.59 bits per heavy atom. The Balaban J connectivity index is 3.29. The molecule has 0 amide bonds. The molecular formula is C7H4F3IN2O4. The maximum absolute atomic E-state index is 12.0. The first-order chi connectivity index (χ1) is 7.74. The van der Waals surface area contributed by atoms with E-state index in [2.05, 4.69) is 9.72 Å². The molecule has 0 atom stereocenters. The number of nitro groups is 1. The summed E-state index contributed by atoms with van der Waals surface area (Å²) in [6, 6.07) is 0.737. The molecule has 94 valence electrons. The summed E-state index contributed by atoms with van der Waals surface area (Å²) < 4.78 is 39.5. The maximum Gasteiger partial charge on any atom is 0.573 e. The number of aliphatic hydroxyl groups is 1. The van der Waals surface area contributed by atoms with Gasteiger partial charge in [-0.05, 0) is 16.0 Å². The lowest BCUT2D eigenvalue weighted by molar-refractivity contribution is -0.393. The number of rotatable bonds is 3. The Hall–Kier alpha value is -1.17. The third kappa shape index (κ3) is 3.66. The van der Waals surface area contributed by atoms with Gasteiger partial charge in [0.2, 0.25) is 9.45 Å². The molecule has 1 aromatic rings. The van der Waals surface area contributed by atoms with Crippen LogP contribution in [0.5, 0.6) is 5.75 Å². The number of aromatic nitrogens is 1. The summed E-state index contributed by atoms with van der Waals surface area (Å²) in [6.07, 6.45) is -5.06. The quantitative estimate of drug-likeness (QED) is 0.384. The fourth-order valence-corrected chi connectivity index (χ4v) is 1.50. The number of nitrogens with zero attached hydrogens (tertiary/aromatic N) is 2. The minimum atomic E-state index is -5.06. The summed E-state index contributed by atoms with van der Waals surface area (Å²) in [5.41, 5.74) is 0.00968. The van der Waals surface area contributed by atoms with Crippen molar-refractivity contribution >= 4 is 28.4 Å². The SMILES string of the molecule is O=[N+]([O-])c1nc(I)c(CO)cc1OC(F)(F)F. The van der Waals surface area contributed by atoms with E-state index in [4.69, 9.17) is 5.11 Å². The lowest BCUT2D eigenvalue weighted by Crippen LogP contribution is -2.18. The van der Waals surface area contributed by atoms with Crippen LogP contribution in [0.1, 0.15) is 5.56 Å². The maximum atomic E-state index is 12.0. The first kappa shape index (κ1) is 13.9. The Morgan fingerprint density at radius 2 is 2.18 bits per heavy atom. The number of alkyl halides is 3. The van der Waals surface area contributed by atoms with E-state index in [-0.39, 0.29) is 9.26 Å². The second-order valence-electron chi connectivity index (χ2n) is 2.72. The van der Waals surface area contributed by atoms with Crippen LogP contribution in [0.3, 0.4) is 0 Å². The van der Waals surface area contributed by atoms with Gasteiger partial charge < -0.3 is 20.0 Å². The van der Waals surface area contributed by atoms with Crippen molar-refractivity contribution < 1.29 is 27.9 Å². The second kappa shape index (κ2) is 5.00. The zero-order valence-electron chi connectivity index (χ0n) is 7.86. The molecule has 0 fully saturated rings. The van der Waals surface area contributed by atoms with E-state index in [0.717, 1.165) is 6.07 Å². The van der Waals surface area contributed by atoms with Crippen molar-refractivity contribution in [2.75, 3.05) is 0 Å². The second-order valence-corrected chi connectivity index (χ2v) is 3.74. The summed E-state index contributed by atoms with van der Waals surface area (Å²) in [4.78, 5) is 12.7. The largest absolute Gasteiger partial charge is 0.573 e. The van der Waals surface area contributed by atoms with Crippen LogP contribution in [0.2, 0.25) is 0 Å². The average Bonchev–Trinajstić information content (AvgIpc) is 2.17. The molecule has 0 radical (unpaired) electrons. The van der Waals surface area contributed by atoms with Gasteiger partial charge in [0.05, 0.1) is 6.61 Å². The number of halogens is 4. The van der Waals surface area contributed by atoms with Gasteiger partial charge in [-0.2, -0.15) is 0 Å². The molecule has 0 saturated heterocycles. The highest BCUT2D eigenvalue weighted by Gasteiger charge is 2.35. The van der Waals surface area contributed by atoms with Crippen molar-refractivity contribution in [1.82, 2.24) is 4.98 Å². The first-order valence-electron chi connectivity index (χ1n) is 3.95. The molecule has 1 aromatic heterocycles. The van der Waals surface area contributed by atoms with Crippen molar-refractivity contribution in [1.29, 1.82) is 0 Å². The molecule has 1 N–H and O–H groups in total. The minimum absolute atomic E-state index is 0.00968. The van der Waals surface area contributed by atoms with E-state index in [9.17, 15) is 23.3 Å². The number of hydrogen-bond donors (Lipinski definition) is 1. The highest BCUT2D eigenvalue weighted by molar-refractivity contribution is 14.1. The molecule has 0 aliphatic carbocycles. The highest BCUT2D eigenvalue weighted by Crippen LogP contribution is 2.32. The summed E-state index contributed by atoms with van der Waals surface area (Å²) in [5.74, 6) is -2.10. The minimum Gasteiger partial charge on any atom is -0.397 e. The monoisotopic (exact) mass is 364 g/mol. The van der Waals surface area contributed by atoms with Crippen molar-refractivity contribution in [3.63, 3.8) is 0 Å². The van der Waals surface area contributed by atoms with Gasteiger partial charge in [-0.25, -0.2) is 0 Å². The Morgan fingerprint density at radius 1 is 1.59 bits per heavy atom. The molecule has 0 unspecified atom stereocenters. The third-order valence-corrected chi connectivity index (χ3v) is 2.50. The van der Waals surface area contributed by atoms with E-state index in [1.165, 1.54) is 0 Å². The summed E-state index contributed by atoms with van der Waals surface area (Å²) in [7, 11) is 0. The van der Waals surface area contributed by atoms with Crippen molar-refractivity contribution in [2.45, 2.75) is 13.0 Å². The lowest BCUT2D eigenvalue weighted by atomic mass is 10.3. The summed E-state index contributed by atoms with van der Waals surface area (Å²) in [5, 5.41) is 19.3. The fraction of sp³-hybridized carbons (Fsp3) is 0.286. The van der Waals surface area contributed by atoms with Gasteiger partial charge in [0, 0.05) is 28.2 Å². The van der Waals surface area contributed by atoms with Crippen LogP contribution in [0.25, 0.3) is 0 Å². The van der Waals surface area contributed by atoms with E-state index in [0.29, 0.717) is 0 Å². The molecular weight excluding hydrogens is 360 g/mol. The molecule has 0 aliphatic rings. The van der Waals surface area contributed by atoms with E-state index < -0.39 is 29.5 Å². The molecule has 0 saturated carbocycles. The van der Waals surface area contributed by atoms with Gasteiger partial charge in [0.1, 0.15) is 0 Å². The highest BCUT2D eigenvalue weighted by atomic mass is 127. The fourth-order valence-electron chi connectivity index (χ4n) is 0.944. The zero-order chi connectivity index (χ0) is 13.2. The number of ether oxygens (including phenoxy) is 1.